The van der Waals surface area contributed by atoms with E-state index in [0.717, 1.165) is 32.5 Å². The van der Waals surface area contributed by atoms with Crippen LogP contribution in [0, 0.1) is 5.92 Å². The van der Waals surface area contributed by atoms with Gasteiger partial charge in [-0.2, -0.15) is 0 Å². The Hall–Kier alpha value is -0.0800. The van der Waals surface area contributed by atoms with Crippen molar-refractivity contribution in [3.63, 3.8) is 0 Å². The highest BCUT2D eigenvalue weighted by Gasteiger charge is 1.93. The molecule has 0 aliphatic carbocycles. The molecule has 0 unspecified atom stereocenters. The monoisotopic (exact) mass is 159 g/mol. The first kappa shape index (κ1) is 10.9. The molecule has 0 bridgehead atoms. The second kappa shape index (κ2) is 8.02. The lowest BCUT2D eigenvalue weighted by Crippen LogP contribution is -2.03. The van der Waals surface area contributed by atoms with Gasteiger partial charge in [0.15, 0.2) is 0 Å². The maximum absolute atomic E-state index is 10.0. The van der Waals surface area contributed by atoms with E-state index in [1.807, 2.05) is 0 Å². The molecule has 0 saturated carbocycles. The van der Waals surface area contributed by atoms with Crippen LogP contribution in [-0.2, 0) is 9.84 Å². The summed E-state index contributed by atoms with van der Waals surface area (Å²) in [5.74, 6) is 0.620. The van der Waals surface area contributed by atoms with E-state index in [2.05, 4.69) is 13.8 Å². The van der Waals surface area contributed by atoms with Crippen molar-refractivity contribution in [1.82, 2.24) is 0 Å². The zero-order valence-corrected chi connectivity index (χ0v) is 7.64. The zero-order valence-electron chi connectivity index (χ0n) is 7.64. The van der Waals surface area contributed by atoms with E-state index in [-0.39, 0.29) is 6.61 Å². The van der Waals surface area contributed by atoms with Gasteiger partial charge >= 0.3 is 0 Å². The largest absolute Gasteiger partial charge is 0.381 e. The van der Waals surface area contributed by atoms with Crippen LogP contribution in [0.3, 0.4) is 0 Å². The van der Waals surface area contributed by atoms with Crippen LogP contribution < -0.4 is 0 Å². The molecule has 0 aliphatic rings. The molecule has 67 valence electrons. The fraction of sp³-hybridized carbons (Fsp3) is 1.00. The van der Waals surface area contributed by atoms with Gasteiger partial charge in [-0.1, -0.05) is 13.8 Å². The second-order valence-electron chi connectivity index (χ2n) is 3.23. The Morgan fingerprint density at radius 2 is 1.91 bits per heavy atom. The molecular weight excluding hydrogens is 140 g/mol. The molecule has 0 aromatic rings. The highest BCUT2D eigenvalue weighted by molar-refractivity contribution is 4.42. The van der Waals surface area contributed by atoms with E-state index in [1.165, 1.54) is 0 Å². The fourth-order valence-electron chi connectivity index (χ4n) is 0.802. The first-order valence-electron chi connectivity index (χ1n) is 4.43. The Labute approximate surface area is 69.6 Å². The topological polar surface area (TPSA) is 29.1 Å². The van der Waals surface area contributed by atoms with Crippen LogP contribution in [0.15, 0.2) is 0 Å². The number of ether oxygens (including phenoxy) is 1. The summed E-state index contributed by atoms with van der Waals surface area (Å²) in [4.78, 5) is 0. The van der Waals surface area contributed by atoms with Crippen molar-refractivity contribution >= 4 is 0 Å². The molecule has 2 heteroatoms. The molecule has 0 N–H and O–H groups in total. The minimum Gasteiger partial charge on any atom is -0.381 e. The van der Waals surface area contributed by atoms with E-state index in [4.69, 9.17) is 4.74 Å². The van der Waals surface area contributed by atoms with E-state index in [9.17, 15) is 5.11 Å². The van der Waals surface area contributed by atoms with Crippen molar-refractivity contribution in [1.29, 1.82) is 0 Å². The molecular formula is C9H19O2. The van der Waals surface area contributed by atoms with Gasteiger partial charge in [-0.15, -0.1) is 0 Å². The van der Waals surface area contributed by atoms with Gasteiger partial charge in [0, 0.05) is 13.2 Å². The fourth-order valence-corrected chi connectivity index (χ4v) is 0.802. The molecule has 0 spiro atoms. The van der Waals surface area contributed by atoms with Crippen LogP contribution in [0.25, 0.3) is 0 Å². The number of unbranched alkanes of at least 4 members (excludes halogenated alkanes) is 2. The van der Waals surface area contributed by atoms with Gasteiger partial charge in [-0.3, -0.25) is 0 Å². The van der Waals surface area contributed by atoms with Crippen molar-refractivity contribution < 1.29 is 9.84 Å². The van der Waals surface area contributed by atoms with Gasteiger partial charge < -0.3 is 4.74 Å². The molecule has 0 atom stereocenters. The molecule has 11 heavy (non-hydrogen) atoms. The highest BCUT2D eigenvalue weighted by atomic mass is 16.5. The summed E-state index contributed by atoms with van der Waals surface area (Å²) in [6.45, 7) is 6.00. The first-order valence-corrected chi connectivity index (χ1v) is 4.43. The molecule has 0 amide bonds. The van der Waals surface area contributed by atoms with Gasteiger partial charge in [0.05, 0.1) is 6.61 Å². The Balaban J connectivity index is 2.80. The standard InChI is InChI=1S/C9H19O2/c1-9(2)8-11-7-5-3-4-6-10/h9H,3-8H2,1-2H3. The van der Waals surface area contributed by atoms with Crippen molar-refractivity contribution in [3.05, 3.63) is 0 Å². The summed E-state index contributed by atoms with van der Waals surface area (Å²) in [7, 11) is 0. The molecule has 0 saturated heterocycles. The van der Waals surface area contributed by atoms with Gasteiger partial charge in [0.25, 0.3) is 0 Å². The maximum atomic E-state index is 10.0. The van der Waals surface area contributed by atoms with E-state index in [1.54, 1.807) is 0 Å². The number of hydrogen-bond acceptors (Lipinski definition) is 1. The first-order chi connectivity index (χ1) is 5.27. The zero-order chi connectivity index (χ0) is 8.53. The van der Waals surface area contributed by atoms with Gasteiger partial charge in [-0.05, 0) is 25.2 Å². The average Bonchev–Trinajstić information content (AvgIpc) is 1.96. The predicted octanol–water partition coefficient (Wildman–Crippen LogP) is 2.26. The van der Waals surface area contributed by atoms with Crippen molar-refractivity contribution in [3.8, 4) is 0 Å². The van der Waals surface area contributed by atoms with Crippen molar-refractivity contribution in [2.75, 3.05) is 19.8 Å². The molecule has 1 radical (unpaired) electrons. The van der Waals surface area contributed by atoms with E-state index >= 15 is 0 Å². The Kier molecular flexibility index (Phi) is 7.96. The third kappa shape index (κ3) is 9.92. The number of rotatable bonds is 7. The lowest BCUT2D eigenvalue weighted by molar-refractivity contribution is 0.103. The summed E-state index contributed by atoms with van der Waals surface area (Å²) in [6, 6.07) is 0. The van der Waals surface area contributed by atoms with Crippen LogP contribution in [0.4, 0.5) is 0 Å². The molecule has 0 fully saturated rings. The maximum Gasteiger partial charge on any atom is 0.0822 e. The molecule has 0 aromatic carbocycles. The molecule has 0 aliphatic heterocycles. The molecule has 2 nitrogen and oxygen atoms in total. The Bertz CT molecular complexity index is 72.0. The second-order valence-corrected chi connectivity index (χ2v) is 3.23. The SMILES string of the molecule is CC(C)COCCCCC[O]. The van der Waals surface area contributed by atoms with Crippen LogP contribution in [0.5, 0.6) is 0 Å². The highest BCUT2D eigenvalue weighted by Crippen LogP contribution is 1.97. The molecule has 0 aromatic heterocycles. The van der Waals surface area contributed by atoms with Gasteiger partial charge in [0.2, 0.25) is 0 Å². The minimum atomic E-state index is 0.0597. The van der Waals surface area contributed by atoms with Crippen LogP contribution in [0.2, 0.25) is 0 Å². The van der Waals surface area contributed by atoms with E-state index < -0.39 is 0 Å². The summed E-state index contributed by atoms with van der Waals surface area (Å²) in [5, 5.41) is 10.0. The predicted molar refractivity (Wildman–Crippen MR) is 45.1 cm³/mol. The van der Waals surface area contributed by atoms with Gasteiger partial charge in [-0.25, -0.2) is 5.11 Å². The van der Waals surface area contributed by atoms with Crippen LogP contribution in [-0.4, -0.2) is 19.8 Å². The average molecular weight is 159 g/mol. The number of hydrogen-bond donors (Lipinski definition) is 0. The normalized spacial score (nSPS) is 10.9. The molecule has 0 heterocycles. The van der Waals surface area contributed by atoms with Crippen LogP contribution >= 0.6 is 0 Å². The minimum absolute atomic E-state index is 0.0597. The summed E-state index contributed by atoms with van der Waals surface area (Å²) < 4.78 is 5.34. The third-order valence-corrected chi connectivity index (χ3v) is 1.38. The molecule has 0 rings (SSSR count). The van der Waals surface area contributed by atoms with Gasteiger partial charge in [0.1, 0.15) is 0 Å². The lowest BCUT2D eigenvalue weighted by Gasteiger charge is -2.05. The van der Waals surface area contributed by atoms with E-state index in [0.29, 0.717) is 5.92 Å². The third-order valence-electron chi connectivity index (χ3n) is 1.38. The lowest BCUT2D eigenvalue weighted by atomic mass is 10.2. The smallest absolute Gasteiger partial charge is 0.0822 e. The van der Waals surface area contributed by atoms with Crippen molar-refractivity contribution in [2.45, 2.75) is 33.1 Å². The summed E-state index contributed by atoms with van der Waals surface area (Å²) >= 11 is 0. The quantitative estimate of drug-likeness (QED) is 0.524. The summed E-state index contributed by atoms with van der Waals surface area (Å²) in [6.07, 6.45) is 2.85. The Morgan fingerprint density at radius 3 is 2.45 bits per heavy atom. The summed E-state index contributed by atoms with van der Waals surface area (Å²) in [5.41, 5.74) is 0. The Morgan fingerprint density at radius 1 is 1.18 bits per heavy atom. The van der Waals surface area contributed by atoms with Crippen LogP contribution in [0.1, 0.15) is 33.1 Å². The van der Waals surface area contributed by atoms with Crippen molar-refractivity contribution in [2.24, 2.45) is 5.92 Å².